The van der Waals surface area contributed by atoms with Gasteiger partial charge < -0.3 is 4.57 Å². The minimum Gasteiger partial charge on any atom is -0.309 e. The quantitative estimate of drug-likeness (QED) is 0.749. The SMILES string of the molecule is C1=CCC=c2c3c(n(-c4ccccc4)c2=C1)C=CCC=C3. The van der Waals surface area contributed by atoms with E-state index in [2.05, 4.69) is 83.5 Å². The molecule has 21 heavy (non-hydrogen) atoms. The zero-order valence-corrected chi connectivity index (χ0v) is 11.9. The number of fused-ring (bicyclic) bond motifs is 3. The first kappa shape index (κ1) is 12.2. The first-order valence-electron chi connectivity index (χ1n) is 7.45. The van der Waals surface area contributed by atoms with Gasteiger partial charge in [-0.2, -0.15) is 0 Å². The highest BCUT2D eigenvalue weighted by atomic mass is 15.0. The molecule has 1 nitrogen and oxygen atoms in total. The summed E-state index contributed by atoms with van der Waals surface area (Å²) in [4.78, 5) is 0. The molecule has 0 amide bonds. The Hall–Kier alpha value is -2.54. The van der Waals surface area contributed by atoms with Crippen molar-refractivity contribution in [2.45, 2.75) is 12.8 Å². The Bertz CT molecular complexity index is 874. The van der Waals surface area contributed by atoms with Gasteiger partial charge in [-0.3, -0.25) is 0 Å². The Morgan fingerprint density at radius 3 is 2.62 bits per heavy atom. The van der Waals surface area contributed by atoms with Crippen LogP contribution in [0.3, 0.4) is 0 Å². The molecule has 0 saturated carbocycles. The van der Waals surface area contributed by atoms with E-state index in [1.54, 1.807) is 0 Å². The van der Waals surface area contributed by atoms with Gasteiger partial charge in [0.25, 0.3) is 0 Å². The Balaban J connectivity index is 2.16. The average molecular weight is 271 g/mol. The Kier molecular flexibility index (Phi) is 2.97. The Labute approximate surface area is 124 Å². The molecule has 2 aliphatic carbocycles. The molecule has 0 bridgehead atoms. The van der Waals surface area contributed by atoms with Gasteiger partial charge in [-0.15, -0.1) is 0 Å². The van der Waals surface area contributed by atoms with Gasteiger partial charge in [-0.1, -0.05) is 54.7 Å². The summed E-state index contributed by atoms with van der Waals surface area (Å²) in [6.45, 7) is 0. The van der Waals surface area contributed by atoms with Gasteiger partial charge in [0.05, 0.1) is 11.0 Å². The standard InChI is InChI=1S/C20H17N/c1-4-10-16(11-5-1)21-19-14-8-2-6-12-17(19)18-13-7-3-9-15-20(18)21/h1-2,4-5,7-15H,3,6H2. The van der Waals surface area contributed by atoms with Crippen LogP contribution in [0, 0.1) is 0 Å². The number of hydrogen-bond acceptors (Lipinski definition) is 0. The van der Waals surface area contributed by atoms with Gasteiger partial charge in [0.1, 0.15) is 0 Å². The lowest BCUT2D eigenvalue weighted by atomic mass is 10.1. The van der Waals surface area contributed by atoms with E-state index in [0.29, 0.717) is 0 Å². The molecule has 1 heteroatoms. The molecular weight excluding hydrogens is 254 g/mol. The third-order valence-electron chi connectivity index (χ3n) is 4.02. The molecule has 4 rings (SSSR count). The third-order valence-corrected chi connectivity index (χ3v) is 4.02. The molecule has 0 fully saturated rings. The van der Waals surface area contributed by atoms with Crippen molar-refractivity contribution in [1.29, 1.82) is 0 Å². The van der Waals surface area contributed by atoms with Crippen LogP contribution in [0.1, 0.15) is 24.1 Å². The van der Waals surface area contributed by atoms with Gasteiger partial charge in [0, 0.05) is 16.5 Å². The molecule has 1 heterocycles. The molecule has 0 spiro atoms. The topological polar surface area (TPSA) is 4.93 Å². The van der Waals surface area contributed by atoms with Crippen LogP contribution < -0.4 is 10.6 Å². The first-order chi connectivity index (χ1) is 10.4. The van der Waals surface area contributed by atoms with Crippen LogP contribution in [0.15, 0.2) is 54.6 Å². The number of aromatic nitrogens is 1. The van der Waals surface area contributed by atoms with Crippen LogP contribution in [-0.2, 0) is 0 Å². The summed E-state index contributed by atoms with van der Waals surface area (Å²) in [5, 5.41) is 2.62. The van der Waals surface area contributed by atoms with Crippen LogP contribution in [0.2, 0.25) is 0 Å². The van der Waals surface area contributed by atoms with Crippen molar-refractivity contribution >= 4 is 24.3 Å². The van der Waals surface area contributed by atoms with E-state index in [1.165, 1.54) is 27.5 Å². The summed E-state index contributed by atoms with van der Waals surface area (Å²) in [6.07, 6.45) is 19.9. The van der Waals surface area contributed by atoms with Crippen LogP contribution in [0.25, 0.3) is 30.0 Å². The molecule has 0 N–H and O–H groups in total. The van der Waals surface area contributed by atoms with Gasteiger partial charge in [-0.05, 0) is 37.1 Å². The minimum absolute atomic E-state index is 0.992. The maximum Gasteiger partial charge on any atom is 0.0537 e. The lowest BCUT2D eigenvalue weighted by molar-refractivity contribution is 1.01. The smallest absolute Gasteiger partial charge is 0.0537 e. The van der Waals surface area contributed by atoms with Crippen molar-refractivity contribution in [2.75, 3.05) is 0 Å². The van der Waals surface area contributed by atoms with Crippen molar-refractivity contribution in [1.82, 2.24) is 4.57 Å². The predicted octanol–water partition coefficient (Wildman–Crippen LogP) is 3.43. The molecule has 0 atom stereocenters. The van der Waals surface area contributed by atoms with Crippen molar-refractivity contribution in [2.24, 2.45) is 0 Å². The molecular formula is C20H17N. The predicted molar refractivity (Wildman–Crippen MR) is 90.4 cm³/mol. The normalized spacial score (nSPS) is 15.4. The van der Waals surface area contributed by atoms with Crippen molar-refractivity contribution in [3.05, 3.63) is 76.5 Å². The van der Waals surface area contributed by atoms with Crippen LogP contribution in [0.5, 0.6) is 0 Å². The van der Waals surface area contributed by atoms with Crippen molar-refractivity contribution in [3.8, 4) is 5.69 Å². The number of rotatable bonds is 1. The molecule has 1 aromatic carbocycles. The van der Waals surface area contributed by atoms with E-state index < -0.39 is 0 Å². The maximum atomic E-state index is 2.36. The average Bonchev–Trinajstić information content (AvgIpc) is 2.77. The van der Waals surface area contributed by atoms with E-state index >= 15 is 0 Å². The van der Waals surface area contributed by atoms with Gasteiger partial charge in [0.2, 0.25) is 0 Å². The van der Waals surface area contributed by atoms with E-state index in [9.17, 15) is 0 Å². The monoisotopic (exact) mass is 271 g/mol. The number of para-hydroxylation sites is 1. The highest BCUT2D eigenvalue weighted by molar-refractivity contribution is 5.70. The van der Waals surface area contributed by atoms with Crippen LogP contribution in [0.4, 0.5) is 0 Å². The maximum absolute atomic E-state index is 2.36. The molecule has 0 saturated heterocycles. The highest BCUT2D eigenvalue weighted by Crippen LogP contribution is 2.18. The summed E-state index contributed by atoms with van der Waals surface area (Å²) in [7, 11) is 0. The zero-order valence-electron chi connectivity index (χ0n) is 11.9. The van der Waals surface area contributed by atoms with E-state index in [-0.39, 0.29) is 0 Å². The lowest BCUT2D eigenvalue weighted by Gasteiger charge is -2.07. The second kappa shape index (κ2) is 5.10. The molecule has 0 aliphatic heterocycles. The summed E-state index contributed by atoms with van der Waals surface area (Å²) < 4.78 is 2.36. The van der Waals surface area contributed by atoms with Crippen molar-refractivity contribution in [3.63, 3.8) is 0 Å². The summed E-state index contributed by atoms with van der Waals surface area (Å²) in [5.41, 5.74) is 3.83. The molecule has 0 unspecified atom stereocenters. The van der Waals surface area contributed by atoms with Gasteiger partial charge in [-0.25, -0.2) is 0 Å². The second-order valence-corrected chi connectivity index (χ2v) is 5.34. The number of benzene rings is 1. The number of allylic oxidation sites excluding steroid dienone is 4. The molecule has 0 radical (unpaired) electrons. The largest absolute Gasteiger partial charge is 0.309 e. The first-order valence-corrected chi connectivity index (χ1v) is 7.45. The lowest BCUT2D eigenvalue weighted by Crippen LogP contribution is -2.28. The molecule has 102 valence electrons. The second-order valence-electron chi connectivity index (χ2n) is 5.34. The molecule has 2 aromatic rings. The molecule has 1 aromatic heterocycles. The van der Waals surface area contributed by atoms with Gasteiger partial charge in [0.15, 0.2) is 0 Å². The summed E-state index contributed by atoms with van der Waals surface area (Å²) in [5.74, 6) is 0. The van der Waals surface area contributed by atoms with Crippen LogP contribution >= 0.6 is 0 Å². The van der Waals surface area contributed by atoms with Crippen molar-refractivity contribution < 1.29 is 0 Å². The number of nitrogens with zero attached hydrogens (tertiary/aromatic N) is 1. The Morgan fingerprint density at radius 1 is 0.857 bits per heavy atom. The Morgan fingerprint density at radius 2 is 1.71 bits per heavy atom. The third kappa shape index (κ3) is 2.02. The summed E-state index contributed by atoms with van der Waals surface area (Å²) in [6, 6.07) is 10.6. The van der Waals surface area contributed by atoms with E-state index in [0.717, 1.165) is 12.8 Å². The summed E-state index contributed by atoms with van der Waals surface area (Å²) >= 11 is 0. The van der Waals surface area contributed by atoms with Gasteiger partial charge >= 0.3 is 0 Å². The highest BCUT2D eigenvalue weighted by Gasteiger charge is 2.13. The number of hydrogen-bond donors (Lipinski definition) is 0. The van der Waals surface area contributed by atoms with Crippen LogP contribution in [-0.4, -0.2) is 4.57 Å². The van der Waals surface area contributed by atoms with E-state index in [4.69, 9.17) is 0 Å². The fourth-order valence-electron chi connectivity index (χ4n) is 3.09. The fraction of sp³-hybridized carbons (Fsp3) is 0.100. The fourth-order valence-corrected chi connectivity index (χ4v) is 3.09. The van der Waals surface area contributed by atoms with E-state index in [1.807, 2.05) is 0 Å². The molecule has 2 aliphatic rings. The zero-order chi connectivity index (χ0) is 14.1. The minimum atomic E-state index is 0.992.